The van der Waals surface area contributed by atoms with Crippen LogP contribution < -0.4 is 47.9 Å². The number of pyridine rings is 1. The number of amides is 2. The highest BCUT2D eigenvalue weighted by Gasteiger charge is 2.32. The second-order valence-electron chi connectivity index (χ2n) is 35.0. The molecule has 106 heavy (non-hydrogen) atoms. The number of esters is 1. The molecular weight excluding hydrogens is 1330 g/mol. The minimum absolute atomic E-state index is 0.0266. The van der Waals surface area contributed by atoms with Crippen LogP contribution in [0, 0.1) is 5.92 Å². The number of aliphatic hydroxyl groups is 3. The molecule has 21 nitrogen and oxygen atoms in total. The first-order chi connectivity index (χ1) is 49.3. The Morgan fingerprint density at radius 3 is 1.15 bits per heavy atom. The maximum absolute atomic E-state index is 11.0. The van der Waals surface area contributed by atoms with Crippen molar-refractivity contribution >= 4 is 17.8 Å². The first-order valence-electron chi connectivity index (χ1n) is 42.1. The van der Waals surface area contributed by atoms with Crippen LogP contribution in [-0.4, -0.2) is 251 Å². The van der Waals surface area contributed by atoms with E-state index < -0.39 is 5.60 Å². The molecule has 630 valence electrons. The molecule has 2 amide bonds. The molecule has 8 fully saturated rings. The zero-order valence-electron chi connectivity index (χ0n) is 74.5. The fourth-order valence-corrected chi connectivity index (χ4v) is 11.4. The van der Waals surface area contributed by atoms with Crippen LogP contribution in [0.25, 0.3) is 0 Å². The van der Waals surface area contributed by atoms with Gasteiger partial charge in [0.2, 0.25) is 11.8 Å². The number of rotatable bonds is 23. The Bertz CT molecular complexity index is 2150. The van der Waals surface area contributed by atoms with Gasteiger partial charge in [-0.1, -0.05) is 131 Å². The van der Waals surface area contributed by atoms with Crippen LogP contribution in [0.3, 0.4) is 0 Å². The fourth-order valence-electron chi connectivity index (χ4n) is 11.4. The van der Waals surface area contributed by atoms with Gasteiger partial charge in [0.25, 0.3) is 0 Å². The minimum Gasteiger partial charge on any atom is -0.468 e. The van der Waals surface area contributed by atoms with Gasteiger partial charge in [-0.3, -0.25) is 19.4 Å². The number of ether oxygens (including phenoxy) is 1. The van der Waals surface area contributed by atoms with Crippen molar-refractivity contribution in [2.24, 2.45) is 5.92 Å². The number of hydrogen-bond donors (Lipinski definition) is 12. The van der Waals surface area contributed by atoms with E-state index in [9.17, 15) is 19.5 Å². The third-order valence-corrected chi connectivity index (χ3v) is 18.8. The molecule has 0 aromatic carbocycles. The van der Waals surface area contributed by atoms with Crippen molar-refractivity contribution in [1.29, 1.82) is 0 Å². The van der Waals surface area contributed by atoms with Crippen LogP contribution in [0.1, 0.15) is 302 Å². The first-order valence-corrected chi connectivity index (χ1v) is 42.1. The van der Waals surface area contributed by atoms with Gasteiger partial charge < -0.3 is 87.5 Å². The predicted octanol–water partition coefficient (Wildman–Crippen LogP) is 12.0. The van der Waals surface area contributed by atoms with Crippen molar-refractivity contribution in [3.63, 3.8) is 0 Å². The number of carbonyl (C=O) groups is 3. The van der Waals surface area contributed by atoms with Gasteiger partial charge in [0.05, 0.1) is 31.5 Å². The Morgan fingerprint density at radius 2 is 0.915 bits per heavy atom. The molecule has 21 heteroatoms. The van der Waals surface area contributed by atoms with Gasteiger partial charge >= 0.3 is 5.97 Å². The van der Waals surface area contributed by atoms with Gasteiger partial charge in [-0.2, -0.15) is 0 Å². The highest BCUT2D eigenvalue weighted by molar-refractivity contribution is 5.78. The van der Waals surface area contributed by atoms with E-state index in [2.05, 4.69) is 218 Å². The van der Waals surface area contributed by atoms with Gasteiger partial charge in [-0.15, -0.1) is 0 Å². The largest absolute Gasteiger partial charge is 0.468 e. The van der Waals surface area contributed by atoms with E-state index in [0.717, 1.165) is 63.4 Å². The third kappa shape index (κ3) is 64.6. The fraction of sp³-hybridized carbons (Fsp3) is 0.906. The van der Waals surface area contributed by atoms with E-state index in [4.69, 9.17) is 10.2 Å². The molecule has 0 bridgehead atoms. The van der Waals surface area contributed by atoms with Crippen LogP contribution in [0.5, 0.6) is 0 Å². The smallest absolute Gasteiger partial charge is 0.319 e. The average molecular weight is 1510 g/mol. The second kappa shape index (κ2) is 62.5. The predicted molar refractivity (Wildman–Crippen MR) is 453 cm³/mol. The first kappa shape index (κ1) is 107. The Kier molecular flexibility index (Phi) is 63.2. The molecule has 4 aliphatic carbocycles. The number of likely N-dealkylation sites (tertiary alicyclic amines) is 4. The van der Waals surface area contributed by atoms with E-state index in [1.165, 1.54) is 129 Å². The molecule has 4 aliphatic heterocycles. The van der Waals surface area contributed by atoms with Crippen LogP contribution in [0.4, 0.5) is 0 Å². The van der Waals surface area contributed by atoms with Crippen molar-refractivity contribution in [3.8, 4) is 0 Å². The van der Waals surface area contributed by atoms with Crippen LogP contribution in [-0.2, 0) is 25.7 Å². The SMILES string of the molecule is CC(=O)N1CC(NC(C)C)C1.CC(C)C(=O)NC1CCC1.CC(C)N1CCC1.CC(C)N1CCCC1.CC(C)N1CCCCC1.CC(C)NC1(C)CCC1.CC(C)NC1CC(O)C1.CC(C)NC1CC(O)C1.CC(C)NCC(C)(C)O.CC(C)NCc1ccncc1.CNC(C)C.COC(=O)CNC(C)C. The number of piperidine rings is 1. The lowest BCUT2D eigenvalue weighted by Crippen LogP contribution is -2.60. The summed E-state index contributed by atoms with van der Waals surface area (Å²) in [6.45, 7) is 70.4. The van der Waals surface area contributed by atoms with E-state index in [-0.39, 0.29) is 35.9 Å². The molecule has 1 aromatic rings. The van der Waals surface area contributed by atoms with Crippen LogP contribution >= 0.6 is 0 Å². The van der Waals surface area contributed by atoms with Gasteiger partial charge in [0, 0.05) is 148 Å². The Balaban J connectivity index is -0.00000110. The molecule has 12 N–H and O–H groups in total. The number of methoxy groups -OCH3 is 1. The molecule has 0 spiro atoms. The second-order valence-corrected chi connectivity index (χ2v) is 35.0. The molecule has 0 radical (unpaired) electrons. The number of hydrogen-bond acceptors (Lipinski definition) is 19. The monoisotopic (exact) mass is 1510 g/mol. The third-order valence-electron chi connectivity index (χ3n) is 18.8. The van der Waals surface area contributed by atoms with Crippen LogP contribution in [0.2, 0.25) is 0 Å². The summed E-state index contributed by atoms with van der Waals surface area (Å²) in [5, 5.41) is 56.0. The number of nitrogens with zero attached hydrogens (tertiary/aromatic N) is 5. The van der Waals surface area contributed by atoms with Gasteiger partial charge in [0.1, 0.15) is 0 Å². The maximum atomic E-state index is 11.0. The molecule has 0 unspecified atom stereocenters. The lowest BCUT2D eigenvalue weighted by atomic mass is 9.78. The normalized spacial score (nSPS) is 20.3. The highest BCUT2D eigenvalue weighted by atomic mass is 16.5. The van der Waals surface area contributed by atoms with Gasteiger partial charge in [0.15, 0.2) is 0 Å². The number of carbonyl (C=O) groups excluding carboxylic acids is 3. The standard InChI is InChI=1S/C9H14N2.C8H16N2O.C8H15NO.2C8H17N.2C7H15NO.C7H17NO.C7H15N.C6H13NO2.C6H13N.C4H11N/c1-8(2)11-7-9-3-5-10-6-4-9;1-6(2)9-8-4-10(5-8)7(3)11;1-6(2)8(10)9-7-4-3-5-7;1-7(2)9-8(3)5-4-6-8;1-8(2)9-6-4-3-5-7-9;2*1-5(2)8-6-3-7(9)4-6;1-6(2)8-5-7(3,4)9;1-7(2)8-5-3-4-6-8;1-5(2)7-4-6(8)9-3;1-6(2)7-4-3-5-7;1-4(2)5-3/h3-6,8,11H,7H2,1-2H3;6,8-9H,4-5H2,1-3H3;6-7H,3-5H2,1-2H3,(H,9,10);7,9H,4-6H2,1-3H3;8H,3-7H2,1-2H3;2*5-9H,3-4H2,1-2H3;6,8-9H,5H2,1-4H3;7H,3-6H2,1-2H3;5,7H,4H2,1-3H3;6H,3-5H2,1-2H3;4-5H,1-3H3. The highest BCUT2D eigenvalue weighted by Crippen LogP contribution is 2.31. The van der Waals surface area contributed by atoms with E-state index in [0.29, 0.717) is 91.1 Å². The van der Waals surface area contributed by atoms with Gasteiger partial charge in [-0.25, -0.2) is 0 Å². The Morgan fingerprint density at radius 1 is 0.528 bits per heavy atom. The molecular formula is C85H178N14O7. The lowest BCUT2D eigenvalue weighted by Gasteiger charge is -2.41. The number of aromatic nitrogens is 1. The molecule has 4 saturated heterocycles. The lowest BCUT2D eigenvalue weighted by molar-refractivity contribution is -0.139. The van der Waals surface area contributed by atoms with Crippen molar-refractivity contribution in [2.45, 2.75) is 417 Å². The zero-order chi connectivity index (χ0) is 81.7. The summed E-state index contributed by atoms with van der Waals surface area (Å²) in [4.78, 5) is 45.6. The van der Waals surface area contributed by atoms with E-state index >= 15 is 0 Å². The molecule has 4 saturated carbocycles. The quantitative estimate of drug-likeness (QED) is 0.0455. The van der Waals surface area contributed by atoms with Crippen molar-refractivity contribution in [1.82, 2.24) is 72.4 Å². The molecule has 1 aromatic heterocycles. The summed E-state index contributed by atoms with van der Waals surface area (Å²) in [6.07, 6.45) is 23.7. The summed E-state index contributed by atoms with van der Waals surface area (Å²) in [5.74, 6) is 0.306. The topological polar surface area (TPSA) is 255 Å². The summed E-state index contributed by atoms with van der Waals surface area (Å²) in [6, 6.07) is 12.8. The molecule has 8 aliphatic rings. The number of nitrogens with one attached hydrogen (secondary N) is 9. The maximum Gasteiger partial charge on any atom is 0.319 e. The van der Waals surface area contributed by atoms with Crippen LogP contribution in [0.15, 0.2) is 24.5 Å². The average Bonchev–Trinajstić information content (AvgIpc) is 0.887. The zero-order valence-corrected chi connectivity index (χ0v) is 74.5. The summed E-state index contributed by atoms with van der Waals surface area (Å²) < 4.78 is 4.40. The Hall–Kier alpha value is -3.00. The molecule has 0 atom stereocenters. The van der Waals surface area contributed by atoms with Crippen molar-refractivity contribution < 1.29 is 34.4 Å². The van der Waals surface area contributed by atoms with Crippen molar-refractivity contribution in [3.05, 3.63) is 30.1 Å². The minimum atomic E-state index is -0.579. The van der Waals surface area contributed by atoms with E-state index in [1.54, 1.807) is 20.8 Å². The van der Waals surface area contributed by atoms with E-state index in [1.807, 2.05) is 64.2 Å². The Labute approximate surface area is 654 Å². The summed E-state index contributed by atoms with van der Waals surface area (Å²) in [7, 11) is 3.33. The molecule has 5 heterocycles. The van der Waals surface area contributed by atoms with Gasteiger partial charge in [-0.05, 0) is 223 Å². The van der Waals surface area contributed by atoms with Crippen molar-refractivity contribution in [2.75, 3.05) is 79.6 Å². The molecule has 9 rings (SSSR count). The number of aliphatic hydroxyl groups excluding tert-OH is 2. The summed E-state index contributed by atoms with van der Waals surface area (Å²) >= 11 is 0. The summed E-state index contributed by atoms with van der Waals surface area (Å²) in [5.41, 5.74) is 1.20.